The molecule has 146 valence electrons. The Morgan fingerprint density at radius 1 is 1.04 bits per heavy atom. The minimum absolute atomic E-state index is 0.0563. The van der Waals surface area contributed by atoms with Crippen LogP contribution in [0.3, 0.4) is 0 Å². The lowest BCUT2D eigenvalue weighted by Crippen LogP contribution is -2.34. The number of ether oxygens (including phenoxy) is 1. The molecule has 4 nitrogen and oxygen atoms in total. The standard InChI is InChI=1S/C22H22Cl2N2O2/c1-28-14-13-26(22(27)17-8-10-19(23)11-9-17)16-20-6-4-12-25(20)15-18-5-2-3-7-21(18)24/h2-12H,13-16H2,1H3. The molecule has 6 heteroatoms. The predicted octanol–water partition coefficient (Wildman–Crippen LogP) is 5.13. The molecular weight excluding hydrogens is 395 g/mol. The van der Waals surface area contributed by atoms with Crippen LogP contribution in [0.4, 0.5) is 0 Å². The first kappa shape index (κ1) is 20.5. The molecule has 0 saturated carbocycles. The van der Waals surface area contributed by atoms with Gasteiger partial charge in [0.1, 0.15) is 0 Å². The van der Waals surface area contributed by atoms with Gasteiger partial charge in [-0.1, -0.05) is 41.4 Å². The van der Waals surface area contributed by atoms with Crippen LogP contribution in [0.15, 0.2) is 66.9 Å². The molecule has 0 spiro atoms. The third kappa shape index (κ3) is 5.16. The molecule has 0 aliphatic heterocycles. The first-order valence-corrected chi connectivity index (χ1v) is 9.75. The normalized spacial score (nSPS) is 10.8. The lowest BCUT2D eigenvalue weighted by atomic mass is 10.2. The molecule has 3 aromatic rings. The van der Waals surface area contributed by atoms with Gasteiger partial charge in [-0.3, -0.25) is 4.79 Å². The maximum Gasteiger partial charge on any atom is 0.254 e. The Kier molecular flexibility index (Phi) is 7.15. The second-order valence-corrected chi connectivity index (χ2v) is 7.29. The molecule has 1 amide bonds. The molecule has 1 heterocycles. The Bertz CT molecular complexity index is 922. The van der Waals surface area contributed by atoms with Gasteiger partial charge in [0, 0.05) is 47.7 Å². The Hall–Kier alpha value is -2.27. The summed E-state index contributed by atoms with van der Waals surface area (Å²) in [5, 5.41) is 1.34. The third-order valence-corrected chi connectivity index (χ3v) is 5.14. The number of hydrogen-bond donors (Lipinski definition) is 0. The van der Waals surface area contributed by atoms with E-state index in [1.54, 1.807) is 36.3 Å². The van der Waals surface area contributed by atoms with E-state index in [-0.39, 0.29) is 5.91 Å². The van der Waals surface area contributed by atoms with Crippen LogP contribution < -0.4 is 0 Å². The highest BCUT2D eigenvalue weighted by molar-refractivity contribution is 6.31. The van der Waals surface area contributed by atoms with Crippen molar-refractivity contribution in [1.29, 1.82) is 0 Å². The van der Waals surface area contributed by atoms with E-state index < -0.39 is 0 Å². The number of benzene rings is 2. The topological polar surface area (TPSA) is 34.5 Å². The molecule has 0 atom stereocenters. The Balaban J connectivity index is 1.80. The highest BCUT2D eigenvalue weighted by atomic mass is 35.5. The fourth-order valence-corrected chi connectivity index (χ4v) is 3.30. The van der Waals surface area contributed by atoms with Crippen LogP contribution >= 0.6 is 23.2 Å². The van der Waals surface area contributed by atoms with Crippen molar-refractivity contribution < 1.29 is 9.53 Å². The van der Waals surface area contributed by atoms with E-state index >= 15 is 0 Å². The number of amides is 1. The van der Waals surface area contributed by atoms with Gasteiger partial charge < -0.3 is 14.2 Å². The first-order valence-electron chi connectivity index (χ1n) is 8.99. The summed E-state index contributed by atoms with van der Waals surface area (Å²) in [5.74, 6) is -0.0563. The average Bonchev–Trinajstić information content (AvgIpc) is 3.13. The van der Waals surface area contributed by atoms with Crippen molar-refractivity contribution in [3.05, 3.63) is 93.7 Å². The maximum absolute atomic E-state index is 13.0. The molecule has 0 radical (unpaired) electrons. The van der Waals surface area contributed by atoms with Crippen molar-refractivity contribution in [3.63, 3.8) is 0 Å². The smallest absolute Gasteiger partial charge is 0.254 e. The number of halogens is 2. The summed E-state index contributed by atoms with van der Waals surface area (Å²) in [5.41, 5.74) is 2.66. The SMILES string of the molecule is COCCN(Cc1cccn1Cc1ccccc1Cl)C(=O)c1ccc(Cl)cc1. The predicted molar refractivity (Wildman–Crippen MR) is 113 cm³/mol. The average molecular weight is 417 g/mol. The van der Waals surface area contributed by atoms with Crippen LogP contribution in [0.1, 0.15) is 21.6 Å². The minimum Gasteiger partial charge on any atom is -0.383 e. The zero-order valence-corrected chi connectivity index (χ0v) is 17.2. The quantitative estimate of drug-likeness (QED) is 0.509. The second kappa shape index (κ2) is 9.78. The number of carbonyl (C=O) groups is 1. The maximum atomic E-state index is 13.0. The van der Waals surface area contributed by atoms with Gasteiger partial charge in [0.25, 0.3) is 5.91 Å². The molecule has 0 N–H and O–H groups in total. The van der Waals surface area contributed by atoms with Gasteiger partial charge in [0.15, 0.2) is 0 Å². The largest absolute Gasteiger partial charge is 0.383 e. The van der Waals surface area contributed by atoms with Crippen LogP contribution in [-0.4, -0.2) is 35.6 Å². The first-order chi connectivity index (χ1) is 13.6. The number of methoxy groups -OCH3 is 1. The summed E-state index contributed by atoms with van der Waals surface area (Å²) in [6.07, 6.45) is 2.00. The van der Waals surface area contributed by atoms with E-state index in [1.165, 1.54) is 0 Å². The van der Waals surface area contributed by atoms with E-state index in [2.05, 4.69) is 4.57 Å². The van der Waals surface area contributed by atoms with Crippen molar-refractivity contribution in [1.82, 2.24) is 9.47 Å². The van der Waals surface area contributed by atoms with Gasteiger partial charge in [-0.25, -0.2) is 0 Å². The monoisotopic (exact) mass is 416 g/mol. The molecule has 0 aliphatic carbocycles. The number of aromatic nitrogens is 1. The Morgan fingerprint density at radius 3 is 2.50 bits per heavy atom. The molecule has 0 aliphatic rings. The van der Waals surface area contributed by atoms with Gasteiger partial charge in [-0.2, -0.15) is 0 Å². The molecule has 0 saturated heterocycles. The Morgan fingerprint density at radius 2 is 1.79 bits per heavy atom. The van der Waals surface area contributed by atoms with E-state index in [0.717, 1.165) is 16.3 Å². The fourth-order valence-electron chi connectivity index (χ4n) is 2.98. The van der Waals surface area contributed by atoms with Gasteiger partial charge in [-0.05, 0) is 48.0 Å². The fraction of sp³-hybridized carbons (Fsp3) is 0.227. The van der Waals surface area contributed by atoms with Gasteiger partial charge in [-0.15, -0.1) is 0 Å². The zero-order chi connectivity index (χ0) is 19.9. The summed E-state index contributed by atoms with van der Waals surface area (Å²) >= 11 is 12.3. The van der Waals surface area contributed by atoms with Crippen molar-refractivity contribution in [2.45, 2.75) is 13.1 Å². The van der Waals surface area contributed by atoms with Gasteiger partial charge in [0.2, 0.25) is 0 Å². The van der Waals surface area contributed by atoms with Crippen LogP contribution in [0.5, 0.6) is 0 Å². The minimum atomic E-state index is -0.0563. The molecule has 2 aromatic carbocycles. The third-order valence-electron chi connectivity index (χ3n) is 4.52. The summed E-state index contributed by atoms with van der Waals surface area (Å²) in [6.45, 7) is 2.08. The van der Waals surface area contributed by atoms with Crippen LogP contribution in [0.25, 0.3) is 0 Å². The van der Waals surface area contributed by atoms with E-state index in [4.69, 9.17) is 27.9 Å². The van der Waals surface area contributed by atoms with Crippen molar-refractivity contribution in [3.8, 4) is 0 Å². The number of carbonyl (C=O) groups excluding carboxylic acids is 1. The van der Waals surface area contributed by atoms with Crippen LogP contribution in [0.2, 0.25) is 10.0 Å². The molecule has 1 aromatic heterocycles. The van der Waals surface area contributed by atoms with Gasteiger partial charge >= 0.3 is 0 Å². The van der Waals surface area contributed by atoms with Crippen LogP contribution in [0, 0.1) is 0 Å². The number of nitrogens with zero attached hydrogens (tertiary/aromatic N) is 2. The summed E-state index contributed by atoms with van der Waals surface area (Å²) < 4.78 is 7.31. The highest BCUT2D eigenvalue weighted by Crippen LogP contribution is 2.19. The zero-order valence-electron chi connectivity index (χ0n) is 15.6. The Labute approximate surface area is 175 Å². The number of rotatable bonds is 8. The highest BCUT2D eigenvalue weighted by Gasteiger charge is 2.18. The van der Waals surface area contributed by atoms with E-state index in [0.29, 0.717) is 36.8 Å². The molecule has 28 heavy (non-hydrogen) atoms. The van der Waals surface area contributed by atoms with Gasteiger partial charge in [0.05, 0.1) is 13.2 Å². The van der Waals surface area contributed by atoms with Crippen molar-refractivity contribution in [2.75, 3.05) is 20.3 Å². The van der Waals surface area contributed by atoms with E-state index in [1.807, 2.05) is 42.6 Å². The molecule has 0 fully saturated rings. The molecular formula is C22H22Cl2N2O2. The molecule has 3 rings (SSSR count). The lowest BCUT2D eigenvalue weighted by Gasteiger charge is -2.23. The van der Waals surface area contributed by atoms with E-state index in [9.17, 15) is 4.79 Å². The van der Waals surface area contributed by atoms with Crippen molar-refractivity contribution >= 4 is 29.1 Å². The number of hydrogen-bond acceptors (Lipinski definition) is 2. The summed E-state index contributed by atoms with van der Waals surface area (Å²) in [7, 11) is 1.63. The van der Waals surface area contributed by atoms with Crippen molar-refractivity contribution in [2.24, 2.45) is 0 Å². The second-order valence-electron chi connectivity index (χ2n) is 6.45. The molecule has 0 unspecified atom stereocenters. The summed E-state index contributed by atoms with van der Waals surface area (Å²) in [4.78, 5) is 14.8. The van der Waals surface area contributed by atoms with Crippen LogP contribution in [-0.2, 0) is 17.8 Å². The summed E-state index contributed by atoms with van der Waals surface area (Å²) in [6, 6.07) is 18.7. The molecule has 0 bridgehead atoms. The lowest BCUT2D eigenvalue weighted by molar-refractivity contribution is 0.0676.